The van der Waals surface area contributed by atoms with Gasteiger partial charge < -0.3 is 4.74 Å². The molecule has 154 valence electrons. The topological polar surface area (TPSA) is 135 Å². The molecule has 1 fully saturated rings. The van der Waals surface area contributed by atoms with Gasteiger partial charge in [0, 0.05) is 24.1 Å². The highest BCUT2D eigenvalue weighted by Crippen LogP contribution is 2.23. The molecule has 3 rings (SSSR count). The summed E-state index contributed by atoms with van der Waals surface area (Å²) in [6, 6.07) is 14.7. The molecule has 1 atom stereocenters. The molecule has 1 aliphatic rings. The van der Waals surface area contributed by atoms with E-state index in [0.29, 0.717) is 5.84 Å². The second-order valence-electron chi connectivity index (χ2n) is 6.30. The predicted octanol–water partition coefficient (Wildman–Crippen LogP) is 2.07. The summed E-state index contributed by atoms with van der Waals surface area (Å²) in [4.78, 5) is 34.8. The van der Waals surface area contributed by atoms with Crippen molar-refractivity contribution < 1.29 is 19.2 Å². The minimum absolute atomic E-state index is 0.101. The third-order valence-corrected chi connectivity index (χ3v) is 4.31. The predicted molar refractivity (Wildman–Crippen MR) is 109 cm³/mol. The van der Waals surface area contributed by atoms with Crippen molar-refractivity contribution in [1.29, 1.82) is 0 Å². The molecule has 0 radical (unpaired) electrons. The number of hydrogen-bond donors (Lipinski definition) is 2. The molecule has 1 amide bonds. The molecule has 10 heteroatoms. The van der Waals surface area contributed by atoms with Crippen LogP contribution in [-0.4, -0.2) is 35.0 Å². The highest BCUT2D eigenvalue weighted by atomic mass is 16.6. The number of nitro groups is 1. The Labute approximate surface area is 171 Å². The van der Waals surface area contributed by atoms with Gasteiger partial charge in [-0.1, -0.05) is 42.5 Å². The number of benzene rings is 2. The van der Waals surface area contributed by atoms with E-state index >= 15 is 0 Å². The first-order valence-corrected chi connectivity index (χ1v) is 9.17. The molecule has 10 nitrogen and oxygen atoms in total. The van der Waals surface area contributed by atoms with Crippen LogP contribution in [0.3, 0.4) is 0 Å². The quantitative estimate of drug-likeness (QED) is 0.324. The first-order valence-electron chi connectivity index (χ1n) is 9.17. The van der Waals surface area contributed by atoms with E-state index in [1.54, 1.807) is 6.92 Å². The lowest BCUT2D eigenvalue weighted by molar-refractivity contribution is -0.384. The number of nitro benzene ring substituents is 1. The standard InChI is InChI=1S/C20H19N5O5/c1-2-30-20(27)18(14-9-6-10-15(11-14)25(28)29)22-24-19-16(12-17(26)21-23-19)13-7-4-3-5-8-13/h3-11,16H,2,12H2,1H3,(H,21,26)(H,23,24)/b22-18+. The van der Waals surface area contributed by atoms with E-state index in [1.807, 2.05) is 30.3 Å². The summed E-state index contributed by atoms with van der Waals surface area (Å²) in [5, 5.41) is 19.2. The number of carbonyl (C=O) groups is 2. The van der Waals surface area contributed by atoms with E-state index in [9.17, 15) is 19.7 Å². The number of esters is 1. The number of amides is 1. The van der Waals surface area contributed by atoms with E-state index in [0.717, 1.165) is 5.56 Å². The van der Waals surface area contributed by atoms with Crippen molar-refractivity contribution in [2.24, 2.45) is 10.2 Å². The van der Waals surface area contributed by atoms with Gasteiger partial charge >= 0.3 is 5.97 Å². The third kappa shape index (κ3) is 4.85. The summed E-state index contributed by atoms with van der Waals surface area (Å²) in [6.45, 7) is 1.74. The maximum Gasteiger partial charge on any atom is 0.359 e. The van der Waals surface area contributed by atoms with Gasteiger partial charge in [0.05, 0.1) is 17.4 Å². The van der Waals surface area contributed by atoms with Crippen LogP contribution in [0.1, 0.15) is 30.4 Å². The van der Waals surface area contributed by atoms with E-state index in [-0.39, 0.29) is 35.9 Å². The van der Waals surface area contributed by atoms with Gasteiger partial charge in [-0.15, -0.1) is 10.2 Å². The molecular weight excluding hydrogens is 390 g/mol. The molecule has 1 heterocycles. The van der Waals surface area contributed by atoms with Crippen LogP contribution < -0.4 is 10.9 Å². The number of carbonyl (C=O) groups excluding carboxylic acids is 2. The molecule has 0 spiro atoms. The van der Waals surface area contributed by atoms with Crippen LogP contribution in [0, 0.1) is 10.1 Å². The van der Waals surface area contributed by atoms with Crippen LogP contribution in [0.4, 0.5) is 5.69 Å². The summed E-state index contributed by atoms with van der Waals surface area (Å²) in [6.07, 6.45) is 0.150. The van der Waals surface area contributed by atoms with Crippen LogP contribution in [0.15, 0.2) is 64.8 Å². The molecular formula is C20H19N5O5. The van der Waals surface area contributed by atoms with Crippen LogP contribution in [-0.2, 0) is 14.3 Å². The number of hydrazine groups is 1. The summed E-state index contributed by atoms with van der Waals surface area (Å²) >= 11 is 0. The zero-order valence-corrected chi connectivity index (χ0v) is 16.1. The molecule has 2 aromatic carbocycles. The minimum atomic E-state index is -0.765. The van der Waals surface area contributed by atoms with Gasteiger partial charge in [0.1, 0.15) is 0 Å². The van der Waals surface area contributed by atoms with Crippen molar-refractivity contribution in [3.05, 3.63) is 75.8 Å². The number of non-ortho nitro benzene ring substituents is 1. The Balaban J connectivity index is 2.02. The van der Waals surface area contributed by atoms with Crippen LogP contribution in [0.25, 0.3) is 0 Å². The van der Waals surface area contributed by atoms with Crippen molar-refractivity contribution >= 4 is 29.1 Å². The summed E-state index contributed by atoms with van der Waals surface area (Å²) in [7, 11) is 0. The number of ether oxygens (including phenoxy) is 1. The molecule has 0 aliphatic carbocycles. The second-order valence-corrected chi connectivity index (χ2v) is 6.30. The molecule has 0 bridgehead atoms. The fraction of sp³-hybridized carbons (Fsp3) is 0.200. The molecule has 1 unspecified atom stereocenters. The smallest absolute Gasteiger partial charge is 0.359 e. The average molecular weight is 409 g/mol. The van der Waals surface area contributed by atoms with Crippen molar-refractivity contribution in [3.63, 3.8) is 0 Å². The van der Waals surface area contributed by atoms with Gasteiger partial charge in [-0.3, -0.25) is 25.8 Å². The third-order valence-electron chi connectivity index (χ3n) is 4.31. The highest BCUT2D eigenvalue weighted by Gasteiger charge is 2.27. The Hall–Kier alpha value is -4.08. The van der Waals surface area contributed by atoms with Crippen molar-refractivity contribution in [2.75, 3.05) is 6.61 Å². The van der Waals surface area contributed by atoms with Gasteiger partial charge in [0.15, 0.2) is 11.5 Å². The van der Waals surface area contributed by atoms with E-state index in [2.05, 4.69) is 21.1 Å². The lowest BCUT2D eigenvalue weighted by Gasteiger charge is -2.25. The SMILES string of the molecule is CCOC(=O)/C(=N/N=C1\NNC(=O)CC1c1ccccc1)c1cccc([N+](=O)[O-])c1. The van der Waals surface area contributed by atoms with E-state index in [1.165, 1.54) is 24.3 Å². The molecule has 1 aliphatic heterocycles. The highest BCUT2D eigenvalue weighted by molar-refractivity contribution is 6.43. The number of amidine groups is 1. The molecule has 1 saturated heterocycles. The Morgan fingerprint density at radius 3 is 2.67 bits per heavy atom. The van der Waals surface area contributed by atoms with Gasteiger partial charge in [-0.25, -0.2) is 4.79 Å². The van der Waals surface area contributed by atoms with Gasteiger partial charge in [-0.2, -0.15) is 0 Å². The maximum atomic E-state index is 12.4. The molecule has 30 heavy (non-hydrogen) atoms. The summed E-state index contributed by atoms with van der Waals surface area (Å²) < 4.78 is 5.03. The van der Waals surface area contributed by atoms with Crippen molar-refractivity contribution in [2.45, 2.75) is 19.3 Å². The van der Waals surface area contributed by atoms with Crippen LogP contribution in [0.5, 0.6) is 0 Å². The first kappa shape index (κ1) is 20.6. The van der Waals surface area contributed by atoms with Crippen LogP contribution in [0.2, 0.25) is 0 Å². The maximum absolute atomic E-state index is 12.4. The lowest BCUT2D eigenvalue weighted by Crippen LogP contribution is -2.50. The van der Waals surface area contributed by atoms with Gasteiger partial charge in [0.2, 0.25) is 5.91 Å². The summed E-state index contributed by atoms with van der Waals surface area (Å²) in [5.74, 6) is -1.04. The zero-order chi connectivity index (χ0) is 21.5. The zero-order valence-electron chi connectivity index (χ0n) is 16.1. The number of nitrogens with zero attached hydrogens (tertiary/aromatic N) is 3. The average Bonchev–Trinajstić information content (AvgIpc) is 2.76. The molecule has 0 saturated carbocycles. The number of hydrogen-bond acceptors (Lipinski definition) is 7. The number of nitrogens with one attached hydrogen (secondary N) is 2. The summed E-state index contributed by atoms with van der Waals surface area (Å²) in [5.41, 5.74) is 5.86. The second kappa shape index (κ2) is 9.41. The van der Waals surface area contributed by atoms with Crippen molar-refractivity contribution in [1.82, 2.24) is 10.9 Å². The fourth-order valence-corrected chi connectivity index (χ4v) is 2.90. The lowest BCUT2D eigenvalue weighted by atomic mass is 9.93. The fourth-order valence-electron chi connectivity index (χ4n) is 2.90. The normalized spacial score (nSPS) is 17.8. The Morgan fingerprint density at radius 1 is 1.20 bits per heavy atom. The number of rotatable bonds is 6. The monoisotopic (exact) mass is 409 g/mol. The Morgan fingerprint density at radius 2 is 1.97 bits per heavy atom. The van der Waals surface area contributed by atoms with Gasteiger partial charge in [0.25, 0.3) is 5.69 Å². The minimum Gasteiger partial charge on any atom is -0.461 e. The Bertz CT molecular complexity index is 1020. The van der Waals surface area contributed by atoms with Crippen molar-refractivity contribution in [3.8, 4) is 0 Å². The Kier molecular flexibility index (Phi) is 6.48. The van der Waals surface area contributed by atoms with E-state index < -0.39 is 16.8 Å². The van der Waals surface area contributed by atoms with E-state index in [4.69, 9.17) is 4.74 Å². The molecule has 2 N–H and O–H groups in total. The molecule has 0 aromatic heterocycles. The van der Waals surface area contributed by atoms with Gasteiger partial charge in [-0.05, 0) is 12.5 Å². The largest absolute Gasteiger partial charge is 0.461 e. The first-order chi connectivity index (χ1) is 14.5. The molecule has 2 aromatic rings. The van der Waals surface area contributed by atoms with Crippen LogP contribution >= 0.6 is 0 Å².